The minimum atomic E-state index is -0.0208. The van der Waals surface area contributed by atoms with Gasteiger partial charge in [-0.3, -0.25) is 4.79 Å². The molecule has 1 fully saturated rings. The Morgan fingerprint density at radius 3 is 2.68 bits per heavy atom. The van der Waals surface area contributed by atoms with Crippen LogP contribution in [0.4, 0.5) is 0 Å². The van der Waals surface area contributed by atoms with Crippen molar-refractivity contribution < 1.29 is 0 Å². The molecular weight excluding hydrogens is 378 g/mol. The van der Waals surface area contributed by atoms with Crippen molar-refractivity contribution in [1.82, 2.24) is 4.98 Å². The maximum atomic E-state index is 11.5. The Morgan fingerprint density at radius 1 is 0.903 bits per heavy atom. The van der Waals surface area contributed by atoms with Crippen LogP contribution in [-0.4, -0.2) is 4.98 Å². The van der Waals surface area contributed by atoms with E-state index in [0.717, 1.165) is 35.6 Å². The van der Waals surface area contributed by atoms with Gasteiger partial charge in [0.1, 0.15) is 0 Å². The van der Waals surface area contributed by atoms with Crippen LogP contribution in [0.25, 0.3) is 17.0 Å². The van der Waals surface area contributed by atoms with E-state index in [1.165, 1.54) is 68.1 Å². The molecule has 0 bridgehead atoms. The second kappa shape index (κ2) is 9.26. The summed E-state index contributed by atoms with van der Waals surface area (Å²) < 4.78 is 0. The van der Waals surface area contributed by atoms with Crippen LogP contribution in [0.1, 0.15) is 79.5 Å². The van der Waals surface area contributed by atoms with Gasteiger partial charge in [-0.2, -0.15) is 0 Å². The van der Waals surface area contributed by atoms with Crippen molar-refractivity contribution in [3.63, 3.8) is 0 Å². The lowest BCUT2D eigenvalue weighted by molar-refractivity contribution is 0.302. The quantitative estimate of drug-likeness (QED) is 0.411. The van der Waals surface area contributed by atoms with Gasteiger partial charge in [0.05, 0.1) is 0 Å². The number of pyridine rings is 1. The Kier molecular flexibility index (Phi) is 6.06. The van der Waals surface area contributed by atoms with Gasteiger partial charge in [-0.25, -0.2) is 0 Å². The summed E-state index contributed by atoms with van der Waals surface area (Å²) >= 11 is 0. The van der Waals surface area contributed by atoms with Crippen LogP contribution in [0.5, 0.6) is 0 Å². The normalized spacial score (nSPS) is 20.3. The number of unbranched alkanes of at least 4 members (excludes halogenated alkanes) is 2. The molecule has 2 heteroatoms. The molecule has 1 aromatic heterocycles. The Bertz CT molecular complexity index is 1130. The zero-order valence-corrected chi connectivity index (χ0v) is 18.4. The topological polar surface area (TPSA) is 32.9 Å². The molecule has 1 N–H and O–H groups in total. The number of fused-ring (bicyclic) bond motifs is 2. The van der Waals surface area contributed by atoms with E-state index in [-0.39, 0.29) is 5.56 Å². The number of rotatable bonds is 7. The molecule has 1 heterocycles. The van der Waals surface area contributed by atoms with Crippen LogP contribution < -0.4 is 5.56 Å². The number of hydrogen-bond acceptors (Lipinski definition) is 1. The number of benzene rings is 2. The molecule has 160 valence electrons. The summed E-state index contributed by atoms with van der Waals surface area (Å²) in [6.45, 7) is 0. The molecule has 2 nitrogen and oxygen atoms in total. The van der Waals surface area contributed by atoms with Gasteiger partial charge in [-0.15, -0.1) is 0 Å². The Hall–Kier alpha value is -2.61. The fraction of sp³-hybridized carbons (Fsp3) is 0.414. The van der Waals surface area contributed by atoms with Gasteiger partial charge in [-0.1, -0.05) is 61.7 Å². The van der Waals surface area contributed by atoms with Crippen molar-refractivity contribution in [3.05, 3.63) is 87.2 Å². The third kappa shape index (κ3) is 4.69. The fourth-order valence-electron chi connectivity index (χ4n) is 5.73. The minimum Gasteiger partial charge on any atom is -0.322 e. The lowest BCUT2D eigenvalue weighted by Crippen LogP contribution is -2.14. The van der Waals surface area contributed by atoms with Crippen molar-refractivity contribution in [2.75, 3.05) is 0 Å². The number of aromatic nitrogens is 1. The predicted octanol–water partition coefficient (Wildman–Crippen LogP) is 7.17. The summed E-state index contributed by atoms with van der Waals surface area (Å²) in [4.78, 5) is 14.5. The lowest BCUT2D eigenvalue weighted by atomic mass is 9.75. The van der Waals surface area contributed by atoms with Crippen LogP contribution in [0.3, 0.4) is 0 Å². The first-order valence-electron chi connectivity index (χ1n) is 12.2. The average Bonchev–Trinajstić information content (AvgIpc) is 3.28. The number of aryl methyl sites for hydroxylation is 1. The second-order valence-corrected chi connectivity index (χ2v) is 9.59. The van der Waals surface area contributed by atoms with E-state index in [9.17, 15) is 4.79 Å². The van der Waals surface area contributed by atoms with Crippen molar-refractivity contribution in [1.29, 1.82) is 0 Å². The Labute approximate surface area is 185 Å². The third-order valence-corrected chi connectivity index (χ3v) is 7.51. The molecule has 0 aliphatic heterocycles. The fourth-order valence-corrected chi connectivity index (χ4v) is 5.73. The summed E-state index contributed by atoms with van der Waals surface area (Å²) in [5, 5.41) is 1.11. The molecule has 2 aliphatic carbocycles. The first kappa shape index (κ1) is 20.3. The highest BCUT2D eigenvalue weighted by Gasteiger charge is 2.24. The lowest BCUT2D eigenvalue weighted by Gasteiger charge is -2.30. The molecule has 5 rings (SSSR count). The summed E-state index contributed by atoms with van der Waals surface area (Å²) in [6, 6.07) is 16.9. The maximum absolute atomic E-state index is 11.5. The summed E-state index contributed by atoms with van der Waals surface area (Å²) in [6.07, 6.45) is 17.7. The van der Waals surface area contributed by atoms with Crippen molar-refractivity contribution >= 4 is 17.0 Å². The first-order chi connectivity index (χ1) is 15.3. The van der Waals surface area contributed by atoms with E-state index in [1.54, 1.807) is 11.6 Å². The van der Waals surface area contributed by atoms with Crippen LogP contribution in [0.2, 0.25) is 0 Å². The highest BCUT2D eigenvalue weighted by molar-refractivity contribution is 5.78. The van der Waals surface area contributed by atoms with Gasteiger partial charge in [0, 0.05) is 11.6 Å². The molecule has 1 saturated carbocycles. The predicted molar refractivity (Wildman–Crippen MR) is 131 cm³/mol. The average molecular weight is 412 g/mol. The molecule has 0 atom stereocenters. The van der Waals surface area contributed by atoms with Crippen molar-refractivity contribution in [3.8, 4) is 0 Å². The van der Waals surface area contributed by atoms with Gasteiger partial charge in [0.2, 0.25) is 5.56 Å². The summed E-state index contributed by atoms with van der Waals surface area (Å²) in [7, 11) is 0. The zero-order chi connectivity index (χ0) is 21.0. The molecule has 31 heavy (non-hydrogen) atoms. The number of H-pyrrole nitrogens is 1. The number of nitrogens with one attached hydrogen (secondary N) is 1. The highest BCUT2D eigenvalue weighted by Crippen LogP contribution is 2.40. The summed E-state index contributed by atoms with van der Waals surface area (Å²) in [5.74, 6) is 1.70. The Balaban J connectivity index is 1.05. The Morgan fingerprint density at radius 2 is 1.77 bits per heavy atom. The smallest absolute Gasteiger partial charge is 0.248 e. The van der Waals surface area contributed by atoms with E-state index < -0.39 is 0 Å². The summed E-state index contributed by atoms with van der Waals surface area (Å²) in [5.41, 5.74) is 6.94. The zero-order valence-electron chi connectivity index (χ0n) is 18.4. The van der Waals surface area contributed by atoms with Crippen LogP contribution in [0, 0.1) is 5.92 Å². The van der Waals surface area contributed by atoms with Gasteiger partial charge < -0.3 is 4.98 Å². The minimum absolute atomic E-state index is 0.0208. The number of aromatic amines is 1. The number of hydrogen-bond donors (Lipinski definition) is 1. The van der Waals surface area contributed by atoms with Crippen LogP contribution in [0.15, 0.2) is 59.4 Å². The largest absolute Gasteiger partial charge is 0.322 e. The van der Waals surface area contributed by atoms with Crippen molar-refractivity contribution in [2.24, 2.45) is 5.92 Å². The van der Waals surface area contributed by atoms with Gasteiger partial charge in [0.15, 0.2) is 0 Å². The molecule has 0 spiro atoms. The second-order valence-electron chi connectivity index (χ2n) is 9.59. The standard InChI is InChI=1S/C29H33NO/c31-29-19-18-25-17-14-22(20-28(25)30-29)7-3-1-2-6-21-12-15-24(16-13-21)27-11-5-9-23-8-4-10-26(23)27/h4-5,9-11,14,17-21,24H,1-3,6-8,12-13,15-16H2,(H,30,31). The molecule has 0 unspecified atom stereocenters. The molecule has 3 aromatic rings. The first-order valence-corrected chi connectivity index (χ1v) is 12.2. The van der Waals surface area contributed by atoms with Crippen LogP contribution in [-0.2, 0) is 12.8 Å². The molecule has 0 amide bonds. The van der Waals surface area contributed by atoms with Gasteiger partial charge in [0.25, 0.3) is 0 Å². The van der Waals surface area contributed by atoms with E-state index in [1.807, 2.05) is 6.07 Å². The molecular formula is C29H33NO. The maximum Gasteiger partial charge on any atom is 0.248 e. The van der Waals surface area contributed by atoms with E-state index >= 15 is 0 Å². The molecule has 0 saturated heterocycles. The third-order valence-electron chi connectivity index (χ3n) is 7.51. The van der Waals surface area contributed by atoms with E-state index in [4.69, 9.17) is 0 Å². The number of allylic oxidation sites excluding steroid dienone is 1. The SMILES string of the molecule is O=c1ccc2ccc(CCCCCC3CCC(c4cccc5c4C=CC5)CC3)cc2[nH]1. The molecule has 2 aliphatic rings. The van der Waals surface area contributed by atoms with Crippen LogP contribution >= 0.6 is 0 Å². The van der Waals surface area contributed by atoms with E-state index in [0.29, 0.717) is 0 Å². The molecule has 0 radical (unpaired) electrons. The highest BCUT2D eigenvalue weighted by atomic mass is 16.1. The van der Waals surface area contributed by atoms with Gasteiger partial charge in [-0.05, 0) is 96.6 Å². The van der Waals surface area contributed by atoms with Gasteiger partial charge >= 0.3 is 0 Å². The van der Waals surface area contributed by atoms with E-state index in [2.05, 4.69) is 53.5 Å². The molecule has 2 aromatic carbocycles. The van der Waals surface area contributed by atoms with Crippen molar-refractivity contribution in [2.45, 2.75) is 70.1 Å². The monoisotopic (exact) mass is 411 g/mol.